The molecule has 78 valence electrons. The molecular weight excluding hydrogens is 240 g/mol. The van der Waals surface area contributed by atoms with Gasteiger partial charge in [-0.2, -0.15) is 0 Å². The minimum Gasteiger partial charge on any atom is -0.325 e. The van der Waals surface area contributed by atoms with E-state index in [1.165, 1.54) is 0 Å². The second-order valence-corrected chi connectivity index (χ2v) is 5.18. The van der Waals surface area contributed by atoms with Crippen LogP contribution in [0.25, 0.3) is 0 Å². The number of rotatable bonds is 3. The van der Waals surface area contributed by atoms with Gasteiger partial charge in [-0.3, -0.25) is 0 Å². The maximum absolute atomic E-state index is 6.07. The predicted molar refractivity (Wildman–Crippen MR) is 64.0 cm³/mol. The third-order valence-corrected chi connectivity index (χ3v) is 2.77. The summed E-state index contributed by atoms with van der Waals surface area (Å²) in [6, 6.07) is 7.99. The molecule has 1 aromatic rings. The summed E-state index contributed by atoms with van der Waals surface area (Å²) in [6.45, 7) is 3.98. The van der Waals surface area contributed by atoms with Gasteiger partial charge < -0.3 is 11.5 Å². The molecule has 0 aromatic heterocycles. The van der Waals surface area contributed by atoms with Gasteiger partial charge in [-0.05, 0) is 31.9 Å². The summed E-state index contributed by atoms with van der Waals surface area (Å²) in [4.78, 5) is 0. The van der Waals surface area contributed by atoms with Crippen LogP contribution in [0.3, 0.4) is 0 Å². The summed E-state index contributed by atoms with van der Waals surface area (Å²) in [5.74, 6) is 0. The van der Waals surface area contributed by atoms with E-state index in [0.29, 0.717) is 0 Å². The van der Waals surface area contributed by atoms with E-state index in [4.69, 9.17) is 11.5 Å². The Bertz CT molecular complexity index is 304. The number of benzene rings is 1. The minimum atomic E-state index is -0.227. The van der Waals surface area contributed by atoms with Crippen molar-refractivity contribution in [2.75, 3.05) is 0 Å². The van der Waals surface area contributed by atoms with Gasteiger partial charge in [0.25, 0.3) is 0 Å². The van der Waals surface area contributed by atoms with Crippen molar-refractivity contribution < 1.29 is 0 Å². The third-order valence-electron chi connectivity index (χ3n) is 2.05. The molecule has 0 amide bonds. The molecule has 1 rings (SSSR count). The minimum absolute atomic E-state index is 0.00873. The second-order valence-electron chi connectivity index (χ2n) is 4.32. The molecule has 2 nitrogen and oxygen atoms in total. The van der Waals surface area contributed by atoms with Crippen LogP contribution < -0.4 is 11.5 Å². The molecule has 0 saturated carbocycles. The highest BCUT2D eigenvalue weighted by Gasteiger charge is 2.18. The van der Waals surface area contributed by atoms with E-state index in [0.717, 1.165) is 16.5 Å². The third kappa shape index (κ3) is 3.40. The highest BCUT2D eigenvalue weighted by atomic mass is 79.9. The molecule has 3 heteroatoms. The lowest BCUT2D eigenvalue weighted by Gasteiger charge is -2.24. The maximum atomic E-state index is 6.07. The lowest BCUT2D eigenvalue weighted by Crippen LogP contribution is -2.35. The van der Waals surface area contributed by atoms with E-state index in [-0.39, 0.29) is 11.6 Å². The van der Waals surface area contributed by atoms with E-state index in [9.17, 15) is 0 Å². The Balaban J connectivity index is 2.80. The first-order valence-corrected chi connectivity index (χ1v) is 5.48. The van der Waals surface area contributed by atoms with E-state index in [2.05, 4.69) is 15.9 Å². The monoisotopic (exact) mass is 256 g/mol. The fraction of sp³-hybridized carbons (Fsp3) is 0.455. The van der Waals surface area contributed by atoms with Crippen molar-refractivity contribution in [1.29, 1.82) is 0 Å². The smallest absolute Gasteiger partial charge is 0.0323 e. The summed E-state index contributed by atoms with van der Waals surface area (Å²) >= 11 is 3.48. The Labute approximate surface area is 93.8 Å². The quantitative estimate of drug-likeness (QED) is 0.874. The number of hydrogen-bond acceptors (Lipinski definition) is 2. The Morgan fingerprint density at radius 2 is 1.93 bits per heavy atom. The molecule has 0 bridgehead atoms. The molecule has 0 aliphatic carbocycles. The summed E-state index contributed by atoms with van der Waals surface area (Å²) in [6.07, 6.45) is 0.773. The molecule has 0 aliphatic heterocycles. The Hall–Kier alpha value is -0.380. The lowest BCUT2D eigenvalue weighted by molar-refractivity contribution is 0.428. The first-order chi connectivity index (χ1) is 6.40. The van der Waals surface area contributed by atoms with Gasteiger partial charge in [-0.15, -0.1) is 0 Å². The van der Waals surface area contributed by atoms with Crippen LogP contribution in [-0.2, 0) is 0 Å². The number of halogens is 1. The zero-order chi connectivity index (χ0) is 10.8. The molecule has 0 heterocycles. The average molecular weight is 257 g/mol. The Morgan fingerprint density at radius 1 is 1.36 bits per heavy atom. The standard InChI is InChI=1S/C11H17BrN2/c1-11(2,14)7-10(13)8-5-3-4-6-9(8)12/h3-6,10H,7,13-14H2,1-2H3. The van der Waals surface area contributed by atoms with Crippen LogP contribution in [0.1, 0.15) is 31.9 Å². The fourth-order valence-corrected chi connectivity index (χ4v) is 2.03. The molecule has 0 saturated heterocycles. The summed E-state index contributed by atoms with van der Waals surface area (Å²) in [5.41, 5.74) is 12.9. The van der Waals surface area contributed by atoms with Crippen molar-refractivity contribution in [3.8, 4) is 0 Å². The Morgan fingerprint density at radius 3 is 2.43 bits per heavy atom. The van der Waals surface area contributed by atoms with E-state index < -0.39 is 0 Å². The fourth-order valence-electron chi connectivity index (χ4n) is 1.45. The van der Waals surface area contributed by atoms with Crippen LogP contribution in [0.15, 0.2) is 28.7 Å². The molecule has 0 radical (unpaired) electrons. The van der Waals surface area contributed by atoms with E-state index >= 15 is 0 Å². The van der Waals surface area contributed by atoms with Gasteiger partial charge in [-0.25, -0.2) is 0 Å². The first-order valence-electron chi connectivity index (χ1n) is 4.69. The summed E-state index contributed by atoms with van der Waals surface area (Å²) < 4.78 is 1.05. The SMILES string of the molecule is CC(C)(N)CC(N)c1ccccc1Br. The molecular formula is C11H17BrN2. The molecule has 1 unspecified atom stereocenters. The van der Waals surface area contributed by atoms with Crippen molar-refractivity contribution in [2.45, 2.75) is 31.8 Å². The normalized spacial score (nSPS) is 14.1. The van der Waals surface area contributed by atoms with Crippen LogP contribution >= 0.6 is 15.9 Å². The van der Waals surface area contributed by atoms with Crippen LogP contribution in [0, 0.1) is 0 Å². The van der Waals surface area contributed by atoms with Crippen molar-refractivity contribution in [1.82, 2.24) is 0 Å². The number of nitrogens with two attached hydrogens (primary N) is 2. The molecule has 14 heavy (non-hydrogen) atoms. The molecule has 4 N–H and O–H groups in total. The highest BCUT2D eigenvalue weighted by Crippen LogP contribution is 2.26. The average Bonchev–Trinajstić information content (AvgIpc) is 2.01. The van der Waals surface area contributed by atoms with Gasteiger partial charge in [0.2, 0.25) is 0 Å². The van der Waals surface area contributed by atoms with Gasteiger partial charge in [0.1, 0.15) is 0 Å². The van der Waals surface area contributed by atoms with Crippen LogP contribution in [0.4, 0.5) is 0 Å². The van der Waals surface area contributed by atoms with Gasteiger partial charge >= 0.3 is 0 Å². The largest absolute Gasteiger partial charge is 0.325 e. The topological polar surface area (TPSA) is 52.0 Å². The maximum Gasteiger partial charge on any atom is 0.0323 e. The van der Waals surface area contributed by atoms with Gasteiger partial charge in [0.05, 0.1) is 0 Å². The summed E-state index contributed by atoms with van der Waals surface area (Å²) in [7, 11) is 0. The molecule has 0 spiro atoms. The van der Waals surface area contributed by atoms with Gasteiger partial charge in [0, 0.05) is 16.1 Å². The van der Waals surface area contributed by atoms with Crippen LogP contribution in [0.2, 0.25) is 0 Å². The molecule has 1 aromatic carbocycles. The van der Waals surface area contributed by atoms with Crippen molar-refractivity contribution in [2.24, 2.45) is 11.5 Å². The molecule has 0 aliphatic rings. The van der Waals surface area contributed by atoms with Crippen molar-refractivity contribution >= 4 is 15.9 Å². The first kappa shape index (κ1) is 11.7. The number of hydrogen-bond donors (Lipinski definition) is 2. The van der Waals surface area contributed by atoms with Crippen LogP contribution in [-0.4, -0.2) is 5.54 Å². The zero-order valence-electron chi connectivity index (χ0n) is 8.63. The molecule has 0 fully saturated rings. The Kier molecular flexibility index (Phi) is 3.70. The van der Waals surface area contributed by atoms with Crippen molar-refractivity contribution in [3.05, 3.63) is 34.3 Å². The van der Waals surface area contributed by atoms with Crippen LogP contribution in [0.5, 0.6) is 0 Å². The lowest BCUT2D eigenvalue weighted by atomic mass is 9.93. The summed E-state index contributed by atoms with van der Waals surface area (Å²) in [5, 5.41) is 0. The van der Waals surface area contributed by atoms with E-state index in [1.54, 1.807) is 0 Å². The van der Waals surface area contributed by atoms with Gasteiger partial charge in [-0.1, -0.05) is 34.1 Å². The zero-order valence-corrected chi connectivity index (χ0v) is 10.2. The molecule has 1 atom stereocenters. The predicted octanol–water partition coefficient (Wildman–Crippen LogP) is 2.58. The van der Waals surface area contributed by atoms with Gasteiger partial charge in [0.15, 0.2) is 0 Å². The second kappa shape index (κ2) is 4.43. The van der Waals surface area contributed by atoms with Crippen molar-refractivity contribution in [3.63, 3.8) is 0 Å². The van der Waals surface area contributed by atoms with E-state index in [1.807, 2.05) is 38.1 Å². The highest BCUT2D eigenvalue weighted by molar-refractivity contribution is 9.10.